The summed E-state index contributed by atoms with van der Waals surface area (Å²) < 4.78 is 11.4. The minimum atomic E-state index is -0.502. The van der Waals surface area contributed by atoms with Gasteiger partial charge < -0.3 is 19.3 Å². The van der Waals surface area contributed by atoms with Crippen LogP contribution < -0.4 is 0 Å². The molecule has 6 nitrogen and oxygen atoms in total. The first kappa shape index (κ1) is 22.0. The second kappa shape index (κ2) is 8.71. The molecule has 2 heterocycles. The zero-order chi connectivity index (χ0) is 22.1. The molecule has 2 aliphatic heterocycles. The van der Waals surface area contributed by atoms with E-state index < -0.39 is 5.60 Å². The Morgan fingerprint density at radius 2 is 1.77 bits per heavy atom. The minimum absolute atomic E-state index is 0.0496. The van der Waals surface area contributed by atoms with Crippen LogP contribution in [-0.4, -0.2) is 53.3 Å². The van der Waals surface area contributed by atoms with E-state index in [4.69, 9.17) is 9.47 Å². The molecule has 0 bridgehead atoms. The van der Waals surface area contributed by atoms with Crippen LogP contribution in [0.25, 0.3) is 0 Å². The molecular weight excluding hydrogens is 392 g/mol. The Morgan fingerprint density at radius 3 is 2.52 bits per heavy atom. The maximum absolute atomic E-state index is 13.1. The average Bonchev–Trinajstić information content (AvgIpc) is 3.06. The van der Waals surface area contributed by atoms with Crippen LogP contribution in [0.4, 0.5) is 9.59 Å². The fraction of sp³-hybridized carbons (Fsp3) is 0.680. The van der Waals surface area contributed by atoms with E-state index in [2.05, 4.69) is 0 Å². The van der Waals surface area contributed by atoms with Crippen molar-refractivity contribution < 1.29 is 19.1 Å². The lowest BCUT2D eigenvalue weighted by Crippen LogP contribution is -2.51. The number of carbonyl (C=O) groups is 2. The summed E-state index contributed by atoms with van der Waals surface area (Å²) >= 11 is 0. The summed E-state index contributed by atoms with van der Waals surface area (Å²) in [5.74, 6) is 0.427. The molecule has 3 aliphatic rings. The molecule has 4 rings (SSSR count). The molecule has 1 aliphatic carbocycles. The fourth-order valence-corrected chi connectivity index (χ4v) is 5.85. The second-order valence-electron chi connectivity index (χ2n) is 10.5. The largest absolute Gasteiger partial charge is 0.445 e. The lowest BCUT2D eigenvalue weighted by molar-refractivity contribution is -0.00437. The number of hydrogen-bond donors (Lipinski definition) is 0. The summed E-state index contributed by atoms with van der Waals surface area (Å²) in [5.41, 5.74) is 0.447. The van der Waals surface area contributed by atoms with Gasteiger partial charge in [-0.25, -0.2) is 9.59 Å². The van der Waals surface area contributed by atoms with Gasteiger partial charge in [0.1, 0.15) is 12.2 Å². The smallest absolute Gasteiger partial charge is 0.410 e. The maximum Gasteiger partial charge on any atom is 0.410 e. The van der Waals surface area contributed by atoms with Crippen LogP contribution in [0, 0.1) is 11.3 Å². The summed E-state index contributed by atoms with van der Waals surface area (Å²) in [6.45, 7) is 8.09. The molecule has 2 amide bonds. The number of hydrogen-bond acceptors (Lipinski definition) is 4. The molecule has 1 aromatic rings. The maximum atomic E-state index is 13.1. The van der Waals surface area contributed by atoms with E-state index in [0.717, 1.165) is 44.2 Å². The van der Waals surface area contributed by atoms with Crippen LogP contribution in [0.1, 0.15) is 64.9 Å². The van der Waals surface area contributed by atoms with Crippen molar-refractivity contribution in [2.24, 2.45) is 11.3 Å². The third kappa shape index (κ3) is 4.83. The van der Waals surface area contributed by atoms with Gasteiger partial charge in [0.25, 0.3) is 0 Å². The molecule has 1 saturated carbocycles. The van der Waals surface area contributed by atoms with Crippen LogP contribution in [0.2, 0.25) is 0 Å². The number of rotatable bonds is 2. The topological polar surface area (TPSA) is 59.1 Å². The molecule has 0 aromatic heterocycles. The monoisotopic (exact) mass is 428 g/mol. The van der Waals surface area contributed by atoms with E-state index in [-0.39, 0.29) is 23.6 Å². The molecule has 31 heavy (non-hydrogen) atoms. The van der Waals surface area contributed by atoms with E-state index >= 15 is 0 Å². The van der Waals surface area contributed by atoms with Crippen molar-refractivity contribution in [2.45, 2.75) is 77.5 Å². The third-order valence-corrected chi connectivity index (χ3v) is 7.10. The Hall–Kier alpha value is -2.24. The Labute approximate surface area is 185 Å². The van der Waals surface area contributed by atoms with E-state index in [1.54, 1.807) is 0 Å². The van der Waals surface area contributed by atoms with Crippen molar-refractivity contribution in [2.75, 3.05) is 19.6 Å². The first-order chi connectivity index (χ1) is 14.8. The molecule has 170 valence electrons. The van der Waals surface area contributed by atoms with Gasteiger partial charge in [0.2, 0.25) is 0 Å². The summed E-state index contributed by atoms with van der Waals surface area (Å²) in [7, 11) is 0. The van der Waals surface area contributed by atoms with Gasteiger partial charge in [-0.3, -0.25) is 0 Å². The Balaban J connectivity index is 1.47. The molecule has 1 aromatic carbocycles. The Kier molecular flexibility index (Phi) is 6.18. The highest BCUT2D eigenvalue weighted by Gasteiger charge is 2.56. The molecule has 2 saturated heterocycles. The first-order valence-corrected chi connectivity index (χ1v) is 11.7. The van der Waals surface area contributed by atoms with Crippen LogP contribution >= 0.6 is 0 Å². The van der Waals surface area contributed by atoms with Crippen molar-refractivity contribution in [3.8, 4) is 0 Å². The average molecular weight is 429 g/mol. The third-order valence-electron chi connectivity index (χ3n) is 7.10. The fourth-order valence-electron chi connectivity index (χ4n) is 5.85. The molecule has 0 radical (unpaired) electrons. The molecular formula is C25H36N2O4. The van der Waals surface area contributed by atoms with Gasteiger partial charge in [0.05, 0.1) is 0 Å². The number of carbonyl (C=O) groups excluding carboxylic acids is 2. The zero-order valence-corrected chi connectivity index (χ0v) is 19.1. The number of piperidine rings is 1. The summed E-state index contributed by atoms with van der Waals surface area (Å²) in [4.78, 5) is 29.7. The van der Waals surface area contributed by atoms with Crippen molar-refractivity contribution in [1.29, 1.82) is 0 Å². The summed E-state index contributed by atoms with van der Waals surface area (Å²) in [6.07, 6.45) is 6.05. The number of fused-ring (bicyclic) bond motifs is 2. The van der Waals surface area contributed by atoms with E-state index in [0.29, 0.717) is 25.6 Å². The van der Waals surface area contributed by atoms with Crippen molar-refractivity contribution in [3.05, 3.63) is 35.9 Å². The SMILES string of the molecule is CC(C)(C)OC(=O)N1CCCC2(C1)CN(C(=O)OCc1ccccc1)C1CCCCC12. The van der Waals surface area contributed by atoms with Gasteiger partial charge in [-0.1, -0.05) is 43.2 Å². The second-order valence-corrected chi connectivity index (χ2v) is 10.5. The number of ether oxygens (including phenoxy) is 2. The van der Waals surface area contributed by atoms with Crippen molar-refractivity contribution in [3.63, 3.8) is 0 Å². The minimum Gasteiger partial charge on any atom is -0.445 e. The van der Waals surface area contributed by atoms with Gasteiger partial charge in [-0.15, -0.1) is 0 Å². The van der Waals surface area contributed by atoms with Gasteiger partial charge in [-0.05, 0) is 57.9 Å². The van der Waals surface area contributed by atoms with Crippen LogP contribution in [0.3, 0.4) is 0 Å². The zero-order valence-electron chi connectivity index (χ0n) is 19.1. The number of likely N-dealkylation sites (tertiary alicyclic amines) is 2. The molecule has 6 heteroatoms. The molecule has 0 N–H and O–H groups in total. The van der Waals surface area contributed by atoms with Crippen LogP contribution in [0.15, 0.2) is 30.3 Å². The summed E-state index contributed by atoms with van der Waals surface area (Å²) in [6, 6.07) is 10.0. The van der Waals surface area contributed by atoms with Crippen LogP contribution in [-0.2, 0) is 16.1 Å². The molecule has 1 spiro atoms. The van der Waals surface area contributed by atoms with Gasteiger partial charge in [0.15, 0.2) is 0 Å². The van der Waals surface area contributed by atoms with Crippen molar-refractivity contribution in [1.82, 2.24) is 9.80 Å². The number of nitrogens with zero attached hydrogens (tertiary/aromatic N) is 2. The predicted octanol–water partition coefficient (Wildman–Crippen LogP) is 5.21. The number of benzene rings is 1. The highest BCUT2D eigenvalue weighted by Crippen LogP contribution is 2.52. The lowest BCUT2D eigenvalue weighted by Gasteiger charge is -2.45. The standard InChI is InChI=1S/C25H36N2O4/c1-24(2,3)31-22(28)26-15-9-14-25(17-26)18-27(21-13-8-7-12-20(21)25)23(29)30-16-19-10-5-4-6-11-19/h4-6,10-11,20-21H,7-9,12-18H2,1-3H3. The highest BCUT2D eigenvalue weighted by atomic mass is 16.6. The predicted molar refractivity (Wildman–Crippen MR) is 119 cm³/mol. The Morgan fingerprint density at radius 1 is 1.03 bits per heavy atom. The molecule has 3 unspecified atom stereocenters. The lowest BCUT2D eigenvalue weighted by atomic mass is 9.66. The van der Waals surface area contributed by atoms with E-state index in [1.807, 2.05) is 60.9 Å². The molecule has 3 fully saturated rings. The van der Waals surface area contributed by atoms with Crippen LogP contribution in [0.5, 0.6) is 0 Å². The Bertz CT molecular complexity index is 790. The highest BCUT2D eigenvalue weighted by molar-refractivity contribution is 5.70. The summed E-state index contributed by atoms with van der Waals surface area (Å²) in [5, 5.41) is 0. The first-order valence-electron chi connectivity index (χ1n) is 11.7. The van der Waals surface area contributed by atoms with Crippen molar-refractivity contribution >= 4 is 12.2 Å². The quantitative estimate of drug-likeness (QED) is 0.648. The number of amides is 2. The normalized spacial score (nSPS) is 28.4. The van der Waals surface area contributed by atoms with E-state index in [9.17, 15) is 9.59 Å². The molecule has 3 atom stereocenters. The van der Waals surface area contributed by atoms with Gasteiger partial charge in [-0.2, -0.15) is 0 Å². The van der Waals surface area contributed by atoms with Gasteiger partial charge in [0, 0.05) is 31.1 Å². The van der Waals surface area contributed by atoms with E-state index in [1.165, 1.54) is 6.42 Å². The van der Waals surface area contributed by atoms with Gasteiger partial charge >= 0.3 is 12.2 Å².